The van der Waals surface area contributed by atoms with E-state index in [9.17, 15) is 5.11 Å². The molecule has 0 bridgehead atoms. The van der Waals surface area contributed by atoms with Gasteiger partial charge in [0.2, 0.25) is 0 Å². The van der Waals surface area contributed by atoms with E-state index >= 15 is 0 Å². The highest BCUT2D eigenvalue weighted by Crippen LogP contribution is 2.14. The van der Waals surface area contributed by atoms with E-state index in [4.69, 9.17) is 4.74 Å². The molecular formula is C13H19NO2. The van der Waals surface area contributed by atoms with Crippen LogP contribution in [-0.4, -0.2) is 24.4 Å². The molecule has 1 heterocycles. The minimum Gasteiger partial charge on any atom is -0.508 e. The third-order valence-electron chi connectivity index (χ3n) is 2.91. The summed E-state index contributed by atoms with van der Waals surface area (Å²) in [6, 6.07) is 7.36. The van der Waals surface area contributed by atoms with Crippen LogP contribution in [0.4, 0.5) is 0 Å². The van der Waals surface area contributed by atoms with Gasteiger partial charge in [-0.3, -0.25) is 0 Å². The molecule has 1 atom stereocenters. The van der Waals surface area contributed by atoms with Crippen LogP contribution in [0, 0.1) is 0 Å². The van der Waals surface area contributed by atoms with Gasteiger partial charge < -0.3 is 15.2 Å². The maximum Gasteiger partial charge on any atom is 0.115 e. The molecule has 3 nitrogen and oxygen atoms in total. The summed E-state index contributed by atoms with van der Waals surface area (Å²) in [5, 5.41) is 12.7. The summed E-state index contributed by atoms with van der Waals surface area (Å²) in [6.45, 7) is 2.71. The molecule has 0 amide bonds. The Morgan fingerprint density at radius 1 is 1.44 bits per heavy atom. The van der Waals surface area contributed by atoms with Gasteiger partial charge in [0, 0.05) is 13.2 Å². The summed E-state index contributed by atoms with van der Waals surface area (Å²) >= 11 is 0. The molecule has 0 spiro atoms. The van der Waals surface area contributed by atoms with Gasteiger partial charge in [-0.05, 0) is 43.5 Å². The van der Waals surface area contributed by atoms with E-state index in [1.807, 2.05) is 12.1 Å². The predicted octanol–water partition coefficient (Wildman–Crippen LogP) is 2.05. The van der Waals surface area contributed by atoms with E-state index in [1.165, 1.54) is 12.8 Å². The standard InChI is InChI=1S/C13H19NO2/c15-12-4-1-3-11(9-12)10-14-7-6-13-5-2-8-16-13/h1,3-4,9,13-15H,2,5-8,10H2/t13-/m0/s1. The molecule has 0 aromatic heterocycles. The predicted molar refractivity (Wildman–Crippen MR) is 63.4 cm³/mol. The van der Waals surface area contributed by atoms with Gasteiger partial charge in [0.05, 0.1) is 6.10 Å². The van der Waals surface area contributed by atoms with Gasteiger partial charge in [-0.1, -0.05) is 12.1 Å². The van der Waals surface area contributed by atoms with Crippen LogP contribution >= 0.6 is 0 Å². The molecule has 1 aliphatic heterocycles. The number of aromatic hydroxyl groups is 1. The Labute approximate surface area is 96.4 Å². The molecule has 1 aromatic carbocycles. The molecule has 0 radical (unpaired) electrons. The molecule has 1 fully saturated rings. The van der Waals surface area contributed by atoms with Crippen molar-refractivity contribution in [3.05, 3.63) is 29.8 Å². The van der Waals surface area contributed by atoms with Crippen LogP contribution in [0.1, 0.15) is 24.8 Å². The Morgan fingerprint density at radius 3 is 3.12 bits per heavy atom. The number of ether oxygens (including phenoxy) is 1. The van der Waals surface area contributed by atoms with Crippen LogP contribution in [0.3, 0.4) is 0 Å². The molecule has 1 saturated heterocycles. The Kier molecular flexibility index (Phi) is 4.19. The zero-order valence-electron chi connectivity index (χ0n) is 9.48. The van der Waals surface area contributed by atoms with Gasteiger partial charge in [-0.15, -0.1) is 0 Å². The van der Waals surface area contributed by atoms with Gasteiger partial charge in [-0.25, -0.2) is 0 Å². The van der Waals surface area contributed by atoms with E-state index in [0.29, 0.717) is 11.9 Å². The molecule has 88 valence electrons. The first kappa shape index (κ1) is 11.4. The maximum atomic E-state index is 9.29. The number of phenolic OH excluding ortho intramolecular Hbond substituents is 1. The smallest absolute Gasteiger partial charge is 0.115 e. The lowest BCUT2D eigenvalue weighted by Crippen LogP contribution is -2.19. The Morgan fingerprint density at radius 2 is 2.38 bits per heavy atom. The van der Waals surface area contributed by atoms with Crippen LogP contribution in [0.25, 0.3) is 0 Å². The van der Waals surface area contributed by atoms with Crippen molar-refractivity contribution in [3.63, 3.8) is 0 Å². The average Bonchev–Trinajstić information content (AvgIpc) is 2.77. The zero-order chi connectivity index (χ0) is 11.2. The Balaban J connectivity index is 1.64. The number of phenols is 1. The van der Waals surface area contributed by atoms with Crippen LogP contribution in [0.5, 0.6) is 5.75 Å². The van der Waals surface area contributed by atoms with Crippen molar-refractivity contribution in [1.29, 1.82) is 0 Å². The largest absolute Gasteiger partial charge is 0.508 e. The molecule has 0 aliphatic carbocycles. The number of hydrogen-bond donors (Lipinski definition) is 2. The minimum absolute atomic E-state index is 0.332. The molecule has 3 heteroatoms. The quantitative estimate of drug-likeness (QED) is 0.748. The maximum absolute atomic E-state index is 9.29. The van der Waals surface area contributed by atoms with Crippen molar-refractivity contribution >= 4 is 0 Å². The van der Waals surface area contributed by atoms with Gasteiger partial charge in [-0.2, -0.15) is 0 Å². The van der Waals surface area contributed by atoms with Crippen molar-refractivity contribution in [1.82, 2.24) is 5.32 Å². The van der Waals surface area contributed by atoms with E-state index < -0.39 is 0 Å². The molecule has 16 heavy (non-hydrogen) atoms. The topological polar surface area (TPSA) is 41.5 Å². The molecule has 2 rings (SSSR count). The molecule has 0 unspecified atom stereocenters. The third kappa shape index (κ3) is 3.51. The normalized spacial score (nSPS) is 20.1. The van der Waals surface area contributed by atoms with E-state index in [0.717, 1.165) is 31.7 Å². The second kappa shape index (κ2) is 5.87. The summed E-state index contributed by atoms with van der Waals surface area (Å²) in [5.41, 5.74) is 1.12. The SMILES string of the molecule is Oc1cccc(CNCC[C@@H]2CCCO2)c1. The first-order chi connectivity index (χ1) is 7.84. The van der Waals surface area contributed by atoms with Crippen molar-refractivity contribution in [2.24, 2.45) is 0 Å². The molecule has 1 aromatic rings. The number of hydrogen-bond acceptors (Lipinski definition) is 3. The van der Waals surface area contributed by atoms with E-state index in [-0.39, 0.29) is 0 Å². The molecular weight excluding hydrogens is 202 g/mol. The van der Waals surface area contributed by atoms with Gasteiger partial charge in [0.1, 0.15) is 5.75 Å². The van der Waals surface area contributed by atoms with Crippen LogP contribution in [-0.2, 0) is 11.3 Å². The summed E-state index contributed by atoms with van der Waals surface area (Å²) in [6.07, 6.45) is 3.95. The first-order valence-corrected chi connectivity index (χ1v) is 5.95. The molecule has 0 saturated carbocycles. The van der Waals surface area contributed by atoms with Crippen molar-refractivity contribution < 1.29 is 9.84 Å². The van der Waals surface area contributed by atoms with Gasteiger partial charge >= 0.3 is 0 Å². The highest BCUT2D eigenvalue weighted by Gasteiger charge is 2.14. The summed E-state index contributed by atoms with van der Waals surface area (Å²) in [4.78, 5) is 0. The monoisotopic (exact) mass is 221 g/mol. The zero-order valence-corrected chi connectivity index (χ0v) is 9.48. The van der Waals surface area contributed by atoms with Gasteiger partial charge in [0.25, 0.3) is 0 Å². The second-order valence-electron chi connectivity index (χ2n) is 4.27. The van der Waals surface area contributed by atoms with Crippen LogP contribution < -0.4 is 5.32 Å². The molecule has 1 aliphatic rings. The van der Waals surface area contributed by atoms with Crippen molar-refractivity contribution in [3.8, 4) is 5.75 Å². The fraction of sp³-hybridized carbons (Fsp3) is 0.538. The van der Waals surface area contributed by atoms with Crippen molar-refractivity contribution in [2.75, 3.05) is 13.2 Å². The highest BCUT2D eigenvalue weighted by atomic mass is 16.5. The summed E-state index contributed by atoms with van der Waals surface area (Å²) in [7, 11) is 0. The minimum atomic E-state index is 0.332. The first-order valence-electron chi connectivity index (χ1n) is 5.95. The number of benzene rings is 1. The fourth-order valence-electron chi connectivity index (χ4n) is 2.03. The fourth-order valence-corrected chi connectivity index (χ4v) is 2.03. The number of rotatable bonds is 5. The second-order valence-corrected chi connectivity index (χ2v) is 4.27. The average molecular weight is 221 g/mol. The van der Waals surface area contributed by atoms with Crippen molar-refractivity contribution in [2.45, 2.75) is 31.9 Å². The molecule has 2 N–H and O–H groups in total. The lowest BCUT2D eigenvalue weighted by molar-refractivity contribution is 0.104. The Hall–Kier alpha value is -1.06. The lowest BCUT2D eigenvalue weighted by atomic mass is 10.2. The summed E-state index contributed by atoms with van der Waals surface area (Å²) in [5.74, 6) is 0.332. The number of nitrogens with one attached hydrogen (secondary N) is 1. The summed E-state index contributed by atoms with van der Waals surface area (Å²) < 4.78 is 5.54. The van der Waals surface area contributed by atoms with Crippen LogP contribution in [0.2, 0.25) is 0 Å². The third-order valence-corrected chi connectivity index (χ3v) is 2.91. The van der Waals surface area contributed by atoms with Gasteiger partial charge in [0.15, 0.2) is 0 Å². The highest BCUT2D eigenvalue weighted by molar-refractivity contribution is 5.26. The lowest BCUT2D eigenvalue weighted by Gasteiger charge is -2.10. The van der Waals surface area contributed by atoms with E-state index in [2.05, 4.69) is 5.32 Å². The van der Waals surface area contributed by atoms with E-state index in [1.54, 1.807) is 12.1 Å². The Bertz CT molecular complexity index is 321. The van der Waals surface area contributed by atoms with Crippen LogP contribution in [0.15, 0.2) is 24.3 Å².